The number of likely N-dealkylation sites (tertiary alicyclic amines) is 1. The van der Waals surface area contributed by atoms with E-state index in [-0.39, 0.29) is 5.91 Å². The van der Waals surface area contributed by atoms with E-state index < -0.39 is 8.07 Å². The van der Waals surface area contributed by atoms with Gasteiger partial charge in [0, 0.05) is 46.1 Å². The van der Waals surface area contributed by atoms with Crippen LogP contribution in [0.3, 0.4) is 0 Å². The molecule has 0 aliphatic carbocycles. The van der Waals surface area contributed by atoms with Gasteiger partial charge in [-0.1, -0.05) is 50.0 Å². The third kappa shape index (κ3) is 6.20. The van der Waals surface area contributed by atoms with E-state index in [0.717, 1.165) is 58.9 Å². The number of benzene rings is 2. The lowest BCUT2D eigenvalue weighted by Gasteiger charge is -2.32. The van der Waals surface area contributed by atoms with Crippen LogP contribution < -0.4 is 5.32 Å². The lowest BCUT2D eigenvalue weighted by atomic mass is 10.0. The number of rotatable bonds is 8. The van der Waals surface area contributed by atoms with E-state index in [1.165, 1.54) is 11.1 Å². The molecule has 2 heterocycles. The molecule has 0 unspecified atom stereocenters. The Bertz CT molecular complexity index is 1140. The Morgan fingerprint density at radius 3 is 2.50 bits per heavy atom. The molecule has 0 saturated carbocycles. The van der Waals surface area contributed by atoms with Crippen LogP contribution in [0.25, 0.3) is 22.0 Å². The van der Waals surface area contributed by atoms with Crippen LogP contribution >= 0.6 is 22.6 Å². The first-order valence-corrected chi connectivity index (χ1v) is 16.8. The Labute approximate surface area is 217 Å². The minimum Gasteiger partial charge on any atom is -0.380 e. The molecule has 1 N–H and O–H groups in total. The van der Waals surface area contributed by atoms with Gasteiger partial charge in [-0.3, -0.25) is 4.79 Å². The van der Waals surface area contributed by atoms with Gasteiger partial charge in [-0.05, 0) is 64.7 Å². The van der Waals surface area contributed by atoms with Crippen LogP contribution in [0.5, 0.6) is 0 Å². The molecule has 182 valence electrons. The summed E-state index contributed by atoms with van der Waals surface area (Å²) in [7, 11) is -1.14. The van der Waals surface area contributed by atoms with Crippen molar-refractivity contribution in [3.05, 3.63) is 46.2 Å². The van der Waals surface area contributed by atoms with Crippen LogP contribution in [-0.2, 0) is 16.3 Å². The molecule has 0 bridgehead atoms. The number of hydrogen-bond acceptors (Lipinski definition) is 4. The molecule has 8 heteroatoms. The van der Waals surface area contributed by atoms with Gasteiger partial charge in [-0.25, -0.2) is 4.68 Å². The molecule has 1 amide bonds. The Kier molecular flexibility index (Phi) is 7.99. The van der Waals surface area contributed by atoms with Gasteiger partial charge < -0.3 is 15.0 Å². The molecule has 1 aliphatic heterocycles. The van der Waals surface area contributed by atoms with Crippen molar-refractivity contribution in [3.8, 4) is 11.1 Å². The van der Waals surface area contributed by atoms with Crippen molar-refractivity contribution in [1.29, 1.82) is 0 Å². The maximum absolute atomic E-state index is 11.8. The summed E-state index contributed by atoms with van der Waals surface area (Å²) < 4.78 is 9.06. The largest absolute Gasteiger partial charge is 0.380 e. The van der Waals surface area contributed by atoms with Crippen LogP contribution in [0.2, 0.25) is 25.7 Å². The zero-order valence-corrected chi connectivity index (χ0v) is 23.8. The summed E-state index contributed by atoms with van der Waals surface area (Å²) >= 11 is 2.33. The van der Waals surface area contributed by atoms with Crippen LogP contribution in [0, 0.1) is 3.70 Å². The molecule has 1 saturated heterocycles. The summed E-state index contributed by atoms with van der Waals surface area (Å²) in [6, 6.07) is 16.4. The van der Waals surface area contributed by atoms with Crippen LogP contribution in [0.1, 0.15) is 19.8 Å². The van der Waals surface area contributed by atoms with E-state index in [1.807, 2.05) is 15.6 Å². The highest BCUT2D eigenvalue weighted by Crippen LogP contribution is 2.35. The number of ether oxygens (including phenoxy) is 1. The van der Waals surface area contributed by atoms with E-state index in [1.54, 1.807) is 6.92 Å². The highest BCUT2D eigenvalue weighted by Gasteiger charge is 2.23. The third-order valence-corrected chi connectivity index (χ3v) is 8.92. The number of aromatic nitrogens is 2. The second-order valence-corrected chi connectivity index (χ2v) is 17.0. The van der Waals surface area contributed by atoms with E-state index in [2.05, 4.69) is 83.9 Å². The third-order valence-electron chi connectivity index (χ3n) is 6.42. The van der Waals surface area contributed by atoms with Crippen molar-refractivity contribution in [2.24, 2.45) is 0 Å². The number of amides is 1. The molecule has 0 radical (unpaired) electrons. The average Bonchev–Trinajstić information content (AvgIpc) is 3.13. The van der Waals surface area contributed by atoms with Crippen molar-refractivity contribution in [2.45, 2.75) is 58.2 Å². The van der Waals surface area contributed by atoms with Gasteiger partial charge >= 0.3 is 0 Å². The normalized spacial score (nSPS) is 15.1. The zero-order valence-electron chi connectivity index (χ0n) is 20.6. The van der Waals surface area contributed by atoms with E-state index in [0.29, 0.717) is 12.8 Å². The van der Waals surface area contributed by atoms with Gasteiger partial charge in [-0.15, -0.1) is 0 Å². The molecule has 34 heavy (non-hydrogen) atoms. The van der Waals surface area contributed by atoms with Gasteiger partial charge in [0.15, 0.2) is 0 Å². The standard InChI is InChI=1S/C26H35IN4O2Si/c1-19(32)30-12-10-22(11-13-30)28-24-17-21(20-8-6-5-7-9-20)16-23-25(24)31(29-26(23)27)18-33-14-15-34(2,3)4/h5-9,16-17,22,28H,10-15,18H2,1-4H3. The van der Waals surface area contributed by atoms with E-state index >= 15 is 0 Å². The fourth-order valence-corrected chi connectivity index (χ4v) is 5.80. The number of anilines is 1. The summed E-state index contributed by atoms with van der Waals surface area (Å²) in [6.45, 7) is 11.6. The first-order chi connectivity index (χ1) is 16.2. The van der Waals surface area contributed by atoms with Crippen LogP contribution in [0.4, 0.5) is 5.69 Å². The van der Waals surface area contributed by atoms with Crippen molar-refractivity contribution >= 4 is 53.2 Å². The molecule has 1 aliphatic rings. The molecule has 2 aromatic carbocycles. The first-order valence-electron chi connectivity index (χ1n) is 12.1. The smallest absolute Gasteiger partial charge is 0.219 e. The first kappa shape index (κ1) is 25.2. The predicted octanol–water partition coefficient (Wildman–Crippen LogP) is 6.04. The Morgan fingerprint density at radius 2 is 1.85 bits per heavy atom. The van der Waals surface area contributed by atoms with Crippen LogP contribution in [-0.4, -0.2) is 54.4 Å². The molecule has 1 fully saturated rings. The SMILES string of the molecule is CC(=O)N1CCC(Nc2cc(-c3ccccc3)cc3c(I)nn(COCC[Si](C)(C)C)c23)CC1. The van der Waals surface area contributed by atoms with Gasteiger partial charge in [0.2, 0.25) is 5.91 Å². The van der Waals surface area contributed by atoms with Crippen molar-refractivity contribution in [2.75, 3.05) is 25.0 Å². The summed E-state index contributed by atoms with van der Waals surface area (Å²) in [5.74, 6) is 0.162. The monoisotopic (exact) mass is 590 g/mol. The lowest BCUT2D eigenvalue weighted by molar-refractivity contribution is -0.129. The zero-order chi connectivity index (χ0) is 24.3. The fraction of sp³-hybridized carbons (Fsp3) is 0.462. The number of carbonyl (C=O) groups excluding carboxylic acids is 1. The van der Waals surface area contributed by atoms with Gasteiger partial charge in [-0.2, -0.15) is 5.10 Å². The Balaban J connectivity index is 1.64. The van der Waals surface area contributed by atoms with Crippen LogP contribution in [0.15, 0.2) is 42.5 Å². The lowest BCUT2D eigenvalue weighted by Crippen LogP contribution is -2.41. The second-order valence-electron chi connectivity index (χ2n) is 10.3. The quantitative estimate of drug-likeness (QED) is 0.197. The number of carbonyl (C=O) groups is 1. The number of piperidine rings is 1. The maximum Gasteiger partial charge on any atom is 0.219 e. The molecular weight excluding hydrogens is 555 g/mol. The number of hydrogen-bond donors (Lipinski definition) is 1. The minimum atomic E-state index is -1.14. The molecule has 0 spiro atoms. The summed E-state index contributed by atoms with van der Waals surface area (Å²) in [6.07, 6.45) is 1.88. The maximum atomic E-state index is 11.8. The van der Waals surface area contributed by atoms with E-state index in [9.17, 15) is 4.79 Å². The molecular formula is C26H35IN4O2Si. The van der Waals surface area contributed by atoms with Gasteiger partial charge in [0.1, 0.15) is 10.4 Å². The number of halogens is 1. The topological polar surface area (TPSA) is 59.4 Å². The summed E-state index contributed by atoms with van der Waals surface area (Å²) in [5, 5.41) is 9.79. The average molecular weight is 591 g/mol. The minimum absolute atomic E-state index is 0.162. The van der Waals surface area contributed by atoms with Crippen molar-refractivity contribution in [3.63, 3.8) is 0 Å². The van der Waals surface area contributed by atoms with Gasteiger partial charge in [0.05, 0.1) is 11.2 Å². The number of fused-ring (bicyclic) bond motifs is 1. The second kappa shape index (κ2) is 10.8. The van der Waals surface area contributed by atoms with Crippen molar-refractivity contribution < 1.29 is 9.53 Å². The molecule has 0 atom stereocenters. The number of nitrogens with one attached hydrogen (secondary N) is 1. The summed E-state index contributed by atoms with van der Waals surface area (Å²) in [4.78, 5) is 13.7. The molecule has 4 rings (SSSR count). The fourth-order valence-electron chi connectivity index (χ4n) is 4.37. The molecule has 1 aromatic heterocycles. The van der Waals surface area contributed by atoms with Gasteiger partial charge in [0.25, 0.3) is 0 Å². The Hall–Kier alpha value is -1.91. The Morgan fingerprint density at radius 1 is 1.15 bits per heavy atom. The summed E-state index contributed by atoms with van der Waals surface area (Å²) in [5.41, 5.74) is 4.54. The highest BCUT2D eigenvalue weighted by molar-refractivity contribution is 14.1. The highest BCUT2D eigenvalue weighted by atomic mass is 127. The van der Waals surface area contributed by atoms with Crippen molar-refractivity contribution in [1.82, 2.24) is 14.7 Å². The predicted molar refractivity (Wildman–Crippen MR) is 151 cm³/mol. The number of nitrogens with zero attached hydrogens (tertiary/aromatic N) is 3. The molecule has 3 aromatic rings. The van der Waals surface area contributed by atoms with E-state index in [4.69, 9.17) is 9.84 Å². The molecule has 6 nitrogen and oxygen atoms in total.